The molecule has 0 fully saturated rings. The van der Waals surface area contributed by atoms with Gasteiger partial charge in [-0.2, -0.15) is 5.26 Å². The van der Waals surface area contributed by atoms with Gasteiger partial charge in [0, 0.05) is 4.88 Å². The van der Waals surface area contributed by atoms with E-state index in [-0.39, 0.29) is 17.2 Å². The zero-order valence-corrected chi connectivity index (χ0v) is 13.6. The monoisotopic (exact) mass is 339 g/mol. The van der Waals surface area contributed by atoms with E-state index in [1.807, 2.05) is 37.3 Å². The molecule has 0 unspecified atom stereocenters. The molecular formula is C17H13N3O3S. The van der Waals surface area contributed by atoms with Gasteiger partial charge in [-0.05, 0) is 31.2 Å². The predicted octanol–water partition coefficient (Wildman–Crippen LogP) is 3.58. The van der Waals surface area contributed by atoms with Crippen LogP contribution in [0.2, 0.25) is 0 Å². The average Bonchev–Trinajstić information content (AvgIpc) is 3.19. The minimum Gasteiger partial charge on any atom is -0.507 e. The van der Waals surface area contributed by atoms with Crippen molar-refractivity contribution in [1.82, 2.24) is 9.97 Å². The Balaban J connectivity index is 1.80. The summed E-state index contributed by atoms with van der Waals surface area (Å²) in [5, 5.41) is 19.4. The fourth-order valence-electron chi connectivity index (χ4n) is 2.15. The fraction of sp³-hybridized carbons (Fsp3) is 0.118. The molecule has 0 saturated heterocycles. The van der Waals surface area contributed by atoms with Crippen LogP contribution in [0, 0.1) is 18.3 Å². The van der Waals surface area contributed by atoms with Crippen molar-refractivity contribution in [1.29, 1.82) is 5.26 Å². The first-order chi connectivity index (χ1) is 11.6. The molecule has 0 aliphatic heterocycles. The van der Waals surface area contributed by atoms with Crippen molar-refractivity contribution in [3.05, 3.63) is 57.7 Å². The summed E-state index contributed by atoms with van der Waals surface area (Å²) in [6, 6.07) is 12.6. The summed E-state index contributed by atoms with van der Waals surface area (Å²) in [5.74, 6) is -0.654. The van der Waals surface area contributed by atoms with E-state index in [4.69, 9.17) is 4.74 Å². The minimum absolute atomic E-state index is 0.0543. The number of para-hydroxylation sites is 2. The number of aliphatic hydroxyl groups excluding tert-OH is 1. The van der Waals surface area contributed by atoms with Gasteiger partial charge in [0.2, 0.25) is 0 Å². The molecule has 0 amide bonds. The number of thiophene rings is 1. The number of rotatable bonds is 4. The molecular weight excluding hydrogens is 326 g/mol. The normalized spacial score (nSPS) is 11.8. The number of H-pyrrole nitrogens is 1. The lowest BCUT2D eigenvalue weighted by molar-refractivity contribution is 0.0508. The van der Waals surface area contributed by atoms with Gasteiger partial charge in [-0.3, -0.25) is 0 Å². The summed E-state index contributed by atoms with van der Waals surface area (Å²) >= 11 is 1.31. The van der Waals surface area contributed by atoms with Crippen LogP contribution in [0.1, 0.15) is 20.4 Å². The van der Waals surface area contributed by atoms with E-state index in [0.29, 0.717) is 10.4 Å². The number of allylic oxidation sites excluding steroid dienone is 1. The molecule has 0 saturated carbocycles. The van der Waals surface area contributed by atoms with Crippen molar-refractivity contribution in [2.75, 3.05) is 6.61 Å². The number of fused-ring (bicyclic) bond motifs is 1. The lowest BCUT2D eigenvalue weighted by atomic mass is 10.2. The minimum atomic E-state index is -0.540. The number of carbonyl (C=O) groups excluding carboxylic acids is 1. The Morgan fingerprint density at radius 1 is 1.38 bits per heavy atom. The smallest absolute Gasteiger partial charge is 0.348 e. The summed E-state index contributed by atoms with van der Waals surface area (Å²) in [5.41, 5.74) is 1.37. The summed E-state index contributed by atoms with van der Waals surface area (Å²) < 4.78 is 5.05. The number of aliphatic hydroxyl groups is 1. The third kappa shape index (κ3) is 3.14. The molecule has 0 spiro atoms. The zero-order valence-electron chi connectivity index (χ0n) is 12.7. The number of hydrogen-bond acceptors (Lipinski definition) is 6. The highest BCUT2D eigenvalue weighted by Crippen LogP contribution is 2.20. The fourth-order valence-corrected chi connectivity index (χ4v) is 2.91. The lowest BCUT2D eigenvalue weighted by Gasteiger charge is -2.04. The number of benzene rings is 1. The van der Waals surface area contributed by atoms with Crippen LogP contribution >= 0.6 is 11.3 Å². The number of nitrogens with one attached hydrogen (secondary N) is 1. The van der Waals surface area contributed by atoms with Crippen LogP contribution in [0.25, 0.3) is 16.6 Å². The Bertz CT molecular complexity index is 945. The molecule has 6 nitrogen and oxygen atoms in total. The van der Waals surface area contributed by atoms with Gasteiger partial charge in [-0.15, -0.1) is 11.3 Å². The van der Waals surface area contributed by atoms with Crippen LogP contribution in [0.4, 0.5) is 0 Å². The first-order valence-corrected chi connectivity index (χ1v) is 7.91. The van der Waals surface area contributed by atoms with Crippen molar-refractivity contribution < 1.29 is 14.6 Å². The first-order valence-electron chi connectivity index (χ1n) is 7.09. The standard InChI is InChI=1S/C17H13N3O3S/c1-10-6-7-15(24-10)17(22)23-9-14(21)11(8-18)16-19-12-4-2-3-5-13(12)20-16/h2-7,21H,9H2,1H3,(H,19,20). The van der Waals surface area contributed by atoms with Gasteiger partial charge in [0.1, 0.15) is 23.1 Å². The number of aryl methyl sites for hydroxylation is 1. The topological polar surface area (TPSA) is 99.0 Å². The molecule has 7 heteroatoms. The predicted molar refractivity (Wildman–Crippen MR) is 90.6 cm³/mol. The summed E-state index contributed by atoms with van der Waals surface area (Å²) in [6.07, 6.45) is 0. The second-order valence-electron chi connectivity index (χ2n) is 5.02. The van der Waals surface area contributed by atoms with Crippen LogP contribution in [0.5, 0.6) is 0 Å². The number of aromatic amines is 1. The quantitative estimate of drug-likeness (QED) is 0.430. The molecule has 2 heterocycles. The molecule has 0 atom stereocenters. The van der Waals surface area contributed by atoms with Gasteiger partial charge in [-0.1, -0.05) is 12.1 Å². The molecule has 2 N–H and O–H groups in total. The van der Waals surface area contributed by atoms with Gasteiger partial charge in [0.15, 0.2) is 11.6 Å². The van der Waals surface area contributed by atoms with E-state index < -0.39 is 12.6 Å². The lowest BCUT2D eigenvalue weighted by Crippen LogP contribution is -2.08. The summed E-state index contributed by atoms with van der Waals surface area (Å²) in [7, 11) is 0. The third-order valence-corrected chi connectivity index (χ3v) is 4.29. The molecule has 2 aromatic heterocycles. The van der Waals surface area contributed by atoms with Crippen LogP contribution in [0.15, 0.2) is 42.2 Å². The Labute approximate surface area is 141 Å². The molecule has 0 aliphatic rings. The van der Waals surface area contributed by atoms with Crippen molar-refractivity contribution >= 4 is 33.9 Å². The van der Waals surface area contributed by atoms with Crippen LogP contribution in [-0.2, 0) is 4.74 Å². The Hall–Kier alpha value is -3.11. The highest BCUT2D eigenvalue weighted by Gasteiger charge is 2.16. The van der Waals surface area contributed by atoms with Crippen molar-refractivity contribution in [2.24, 2.45) is 0 Å². The van der Waals surface area contributed by atoms with Crippen LogP contribution in [-0.4, -0.2) is 27.7 Å². The van der Waals surface area contributed by atoms with Crippen molar-refractivity contribution in [3.8, 4) is 6.07 Å². The molecule has 1 aromatic carbocycles. The van der Waals surface area contributed by atoms with Crippen LogP contribution in [0.3, 0.4) is 0 Å². The average molecular weight is 339 g/mol. The van der Waals surface area contributed by atoms with E-state index in [2.05, 4.69) is 9.97 Å². The third-order valence-electron chi connectivity index (χ3n) is 3.31. The highest BCUT2D eigenvalue weighted by atomic mass is 32.1. The molecule has 24 heavy (non-hydrogen) atoms. The van der Waals surface area contributed by atoms with Crippen molar-refractivity contribution in [3.63, 3.8) is 0 Å². The Morgan fingerprint density at radius 3 is 2.83 bits per heavy atom. The molecule has 0 bridgehead atoms. The number of nitrogens with zero attached hydrogens (tertiary/aromatic N) is 2. The van der Waals surface area contributed by atoms with E-state index >= 15 is 0 Å². The van der Waals surface area contributed by atoms with Gasteiger partial charge in [-0.25, -0.2) is 9.78 Å². The number of carbonyl (C=O) groups is 1. The molecule has 0 radical (unpaired) electrons. The highest BCUT2D eigenvalue weighted by molar-refractivity contribution is 7.13. The first kappa shape index (κ1) is 15.8. The molecule has 3 aromatic rings. The van der Waals surface area contributed by atoms with Crippen molar-refractivity contribution in [2.45, 2.75) is 6.92 Å². The van der Waals surface area contributed by atoms with E-state index in [0.717, 1.165) is 10.4 Å². The maximum atomic E-state index is 11.9. The second kappa shape index (κ2) is 6.56. The van der Waals surface area contributed by atoms with E-state index in [9.17, 15) is 15.2 Å². The summed E-state index contributed by atoms with van der Waals surface area (Å²) in [4.78, 5) is 20.6. The van der Waals surface area contributed by atoms with Gasteiger partial charge < -0.3 is 14.8 Å². The molecule has 120 valence electrons. The maximum absolute atomic E-state index is 11.9. The van der Waals surface area contributed by atoms with Crippen LogP contribution < -0.4 is 0 Å². The van der Waals surface area contributed by atoms with Gasteiger partial charge in [0.05, 0.1) is 11.0 Å². The Morgan fingerprint density at radius 2 is 2.17 bits per heavy atom. The number of aromatic nitrogens is 2. The number of nitriles is 1. The molecule has 0 aliphatic carbocycles. The zero-order chi connectivity index (χ0) is 17.1. The number of hydrogen-bond donors (Lipinski definition) is 2. The van der Waals surface area contributed by atoms with Gasteiger partial charge in [0.25, 0.3) is 0 Å². The Kier molecular flexibility index (Phi) is 4.31. The number of ether oxygens (including phenoxy) is 1. The number of imidazole rings is 1. The summed E-state index contributed by atoms with van der Waals surface area (Å²) in [6.45, 7) is 1.49. The SMILES string of the molecule is Cc1ccc(C(=O)OCC(O)=C(C#N)c2nc3ccccc3[nH]2)s1. The maximum Gasteiger partial charge on any atom is 0.348 e. The van der Waals surface area contributed by atoms with Gasteiger partial charge >= 0.3 is 5.97 Å². The molecule has 3 rings (SSSR count). The van der Waals surface area contributed by atoms with E-state index in [1.165, 1.54) is 11.3 Å². The second-order valence-corrected chi connectivity index (χ2v) is 6.31. The van der Waals surface area contributed by atoms with E-state index in [1.54, 1.807) is 12.1 Å². The largest absolute Gasteiger partial charge is 0.507 e. The number of esters is 1.